The van der Waals surface area contributed by atoms with Crippen LogP contribution < -0.4 is 10.2 Å². The molecule has 0 aromatic rings. The minimum atomic E-state index is -2.02. The third-order valence-corrected chi connectivity index (χ3v) is 2.53. The number of aliphatic carboxylic acids is 2. The van der Waals surface area contributed by atoms with Crippen molar-refractivity contribution in [3.63, 3.8) is 0 Å². The van der Waals surface area contributed by atoms with Gasteiger partial charge in [0.1, 0.15) is 30.5 Å². The fourth-order valence-electron chi connectivity index (χ4n) is 1.49. The van der Waals surface area contributed by atoms with Crippen molar-refractivity contribution in [2.24, 2.45) is 0 Å². The molecule has 0 aromatic carbocycles. The van der Waals surface area contributed by atoms with Crippen molar-refractivity contribution < 1.29 is 49.7 Å². The molecule has 1 aliphatic rings. The van der Waals surface area contributed by atoms with Gasteiger partial charge in [-0.3, -0.25) is 0 Å². The molecule has 0 aliphatic carbocycles. The molecule has 3 unspecified atom stereocenters. The van der Waals surface area contributed by atoms with E-state index in [1.807, 2.05) is 0 Å². The van der Waals surface area contributed by atoms with Crippen LogP contribution in [0.25, 0.3) is 0 Å². The fraction of sp³-hybridized carbons (Fsp3) is 0.778. The Morgan fingerprint density at radius 1 is 1.16 bits per heavy atom. The lowest BCUT2D eigenvalue weighted by molar-refractivity contribution is -0.360. The second kappa shape index (κ2) is 6.23. The molecule has 0 spiro atoms. The Hall–Kier alpha value is -1.30. The predicted molar refractivity (Wildman–Crippen MR) is 48.7 cm³/mol. The molecule has 4 N–H and O–H groups in total. The number of hydrogen-bond donors (Lipinski definition) is 4. The standard InChI is InChI=1S/C9H14O10/c10-1-2(7(14)15)18-9-5(13)3(11)4(12)6(19-9)8(16)17/h2-6,9-13H,1H2,(H,14,15)(H,16,17)/p-2/t2?,3?,4-,5-,6?,9+/m0/s1. The Morgan fingerprint density at radius 3 is 2.16 bits per heavy atom. The second-order valence-electron chi connectivity index (χ2n) is 3.84. The lowest BCUT2D eigenvalue weighted by atomic mass is 9.99. The van der Waals surface area contributed by atoms with Gasteiger partial charge in [-0.1, -0.05) is 0 Å². The summed E-state index contributed by atoms with van der Waals surface area (Å²) in [5.41, 5.74) is 0. The van der Waals surface area contributed by atoms with Crippen LogP contribution in [0.4, 0.5) is 0 Å². The van der Waals surface area contributed by atoms with E-state index in [1.54, 1.807) is 0 Å². The molecule has 0 aromatic heterocycles. The van der Waals surface area contributed by atoms with E-state index < -0.39 is 55.4 Å². The van der Waals surface area contributed by atoms with E-state index in [0.29, 0.717) is 0 Å². The van der Waals surface area contributed by atoms with E-state index in [-0.39, 0.29) is 0 Å². The molecule has 0 radical (unpaired) electrons. The third kappa shape index (κ3) is 3.37. The Morgan fingerprint density at radius 2 is 1.74 bits per heavy atom. The quantitative estimate of drug-likeness (QED) is 0.378. The Kier molecular flexibility index (Phi) is 5.17. The molecular weight excluding hydrogens is 268 g/mol. The average molecular weight is 280 g/mol. The minimum absolute atomic E-state index is 1.02. The van der Waals surface area contributed by atoms with Crippen molar-refractivity contribution in [2.75, 3.05) is 6.61 Å². The van der Waals surface area contributed by atoms with E-state index >= 15 is 0 Å². The number of carbonyl (C=O) groups is 2. The first-order valence-electron chi connectivity index (χ1n) is 5.17. The number of carboxylic acids is 2. The lowest BCUT2D eigenvalue weighted by Gasteiger charge is -2.41. The van der Waals surface area contributed by atoms with Gasteiger partial charge in [-0.05, 0) is 0 Å². The maximum atomic E-state index is 10.6. The van der Waals surface area contributed by atoms with Crippen LogP contribution in [-0.4, -0.2) is 75.8 Å². The van der Waals surface area contributed by atoms with Gasteiger partial charge in [0.25, 0.3) is 0 Å². The Bertz CT molecular complexity index is 342. The molecular formula is C9H12O10-2. The Balaban J connectivity index is 2.82. The molecule has 19 heavy (non-hydrogen) atoms. The molecule has 0 bridgehead atoms. The first kappa shape index (κ1) is 15.8. The molecule has 6 atom stereocenters. The molecule has 1 rings (SSSR count). The second-order valence-corrected chi connectivity index (χ2v) is 3.84. The summed E-state index contributed by atoms with van der Waals surface area (Å²) in [5, 5.41) is 58.0. The number of hydrogen-bond acceptors (Lipinski definition) is 10. The zero-order valence-corrected chi connectivity index (χ0v) is 9.41. The number of aliphatic hydroxyl groups is 4. The van der Waals surface area contributed by atoms with E-state index in [9.17, 15) is 35.1 Å². The number of carboxylic acid groups (broad SMARTS) is 2. The maximum Gasteiger partial charge on any atom is 0.187 e. The summed E-state index contributed by atoms with van der Waals surface area (Å²) >= 11 is 0. The molecule has 10 heteroatoms. The molecule has 0 saturated carbocycles. The highest BCUT2D eigenvalue weighted by molar-refractivity contribution is 5.71. The van der Waals surface area contributed by atoms with E-state index in [4.69, 9.17) is 5.11 Å². The van der Waals surface area contributed by atoms with E-state index in [1.165, 1.54) is 0 Å². The van der Waals surface area contributed by atoms with Gasteiger partial charge in [0, 0.05) is 0 Å². The molecule has 0 amide bonds. The summed E-state index contributed by atoms with van der Waals surface area (Å²) < 4.78 is 9.15. The predicted octanol–water partition coefficient (Wildman–Crippen LogP) is -6.33. The van der Waals surface area contributed by atoms with Crippen molar-refractivity contribution in [1.82, 2.24) is 0 Å². The highest BCUT2D eigenvalue weighted by atomic mass is 16.7. The highest BCUT2D eigenvalue weighted by Gasteiger charge is 2.45. The summed E-state index contributed by atoms with van der Waals surface area (Å²) in [4.78, 5) is 21.1. The number of aliphatic hydroxyl groups excluding tert-OH is 4. The maximum absolute atomic E-state index is 10.6. The van der Waals surface area contributed by atoms with Crippen LogP contribution in [-0.2, 0) is 19.1 Å². The minimum Gasteiger partial charge on any atom is -0.547 e. The average Bonchev–Trinajstić information content (AvgIpc) is 2.34. The van der Waals surface area contributed by atoms with Gasteiger partial charge in [-0.2, -0.15) is 0 Å². The number of rotatable bonds is 5. The summed E-state index contributed by atoms with van der Waals surface area (Å²) in [6, 6.07) is 0. The topological polar surface area (TPSA) is 180 Å². The van der Waals surface area contributed by atoms with Gasteiger partial charge >= 0.3 is 0 Å². The molecule has 1 aliphatic heterocycles. The zero-order chi connectivity index (χ0) is 14.7. The Labute approximate surface area is 106 Å². The van der Waals surface area contributed by atoms with Crippen molar-refractivity contribution in [2.45, 2.75) is 36.8 Å². The van der Waals surface area contributed by atoms with Gasteiger partial charge in [-0.25, -0.2) is 0 Å². The summed E-state index contributed by atoms with van der Waals surface area (Å²) in [5.74, 6) is -3.72. The molecule has 1 fully saturated rings. The smallest absolute Gasteiger partial charge is 0.187 e. The van der Waals surface area contributed by atoms with Crippen molar-refractivity contribution in [3.05, 3.63) is 0 Å². The summed E-state index contributed by atoms with van der Waals surface area (Å²) in [6.07, 6.45) is -11.7. The zero-order valence-electron chi connectivity index (χ0n) is 9.41. The highest BCUT2D eigenvalue weighted by Crippen LogP contribution is 2.22. The van der Waals surface area contributed by atoms with Crippen molar-refractivity contribution in [3.8, 4) is 0 Å². The summed E-state index contributed by atoms with van der Waals surface area (Å²) in [7, 11) is 0. The van der Waals surface area contributed by atoms with Crippen LogP contribution in [0.2, 0.25) is 0 Å². The first-order chi connectivity index (χ1) is 8.79. The third-order valence-electron chi connectivity index (χ3n) is 2.53. The van der Waals surface area contributed by atoms with Crippen LogP contribution in [0.15, 0.2) is 0 Å². The molecule has 1 heterocycles. The molecule has 10 nitrogen and oxygen atoms in total. The van der Waals surface area contributed by atoms with Crippen LogP contribution in [0.1, 0.15) is 0 Å². The van der Waals surface area contributed by atoms with Crippen LogP contribution >= 0.6 is 0 Å². The largest absolute Gasteiger partial charge is 0.547 e. The van der Waals surface area contributed by atoms with Crippen molar-refractivity contribution >= 4 is 11.9 Å². The molecule has 110 valence electrons. The van der Waals surface area contributed by atoms with Gasteiger partial charge in [-0.15, -0.1) is 0 Å². The van der Waals surface area contributed by atoms with E-state index in [2.05, 4.69) is 9.47 Å². The SMILES string of the molecule is O=C([O-])C(CO)O[C@@H]1OC(C(=O)[O-])[C@@H](O)C(O)[C@@H]1O. The fourth-order valence-corrected chi connectivity index (χ4v) is 1.49. The first-order valence-corrected chi connectivity index (χ1v) is 5.17. The van der Waals surface area contributed by atoms with Crippen LogP contribution in [0, 0.1) is 0 Å². The van der Waals surface area contributed by atoms with Gasteiger partial charge in [0.2, 0.25) is 0 Å². The summed E-state index contributed by atoms with van der Waals surface area (Å²) in [6.45, 7) is -1.02. The monoisotopic (exact) mass is 280 g/mol. The number of carbonyl (C=O) groups excluding carboxylic acids is 2. The van der Waals surface area contributed by atoms with Crippen molar-refractivity contribution in [1.29, 1.82) is 0 Å². The number of ether oxygens (including phenoxy) is 2. The lowest BCUT2D eigenvalue weighted by Crippen LogP contribution is -2.63. The van der Waals surface area contributed by atoms with Gasteiger partial charge < -0.3 is 49.7 Å². The van der Waals surface area contributed by atoms with Gasteiger partial charge in [0.05, 0.1) is 18.5 Å². The van der Waals surface area contributed by atoms with Crippen LogP contribution in [0.3, 0.4) is 0 Å². The normalized spacial score (nSPS) is 36.7. The van der Waals surface area contributed by atoms with Gasteiger partial charge in [0.15, 0.2) is 6.29 Å². The van der Waals surface area contributed by atoms with E-state index in [0.717, 1.165) is 0 Å². The molecule has 1 saturated heterocycles. The van der Waals surface area contributed by atoms with Crippen LogP contribution in [0.5, 0.6) is 0 Å².